The lowest BCUT2D eigenvalue weighted by Gasteiger charge is -2.18. The Morgan fingerprint density at radius 2 is 1.92 bits per heavy atom. The Hall–Kier alpha value is -2.59. The topological polar surface area (TPSA) is 38.3 Å². The molecule has 4 heteroatoms. The molecule has 24 heavy (non-hydrogen) atoms. The van der Waals surface area contributed by atoms with Crippen molar-refractivity contribution in [3.8, 4) is 5.75 Å². The number of hydrogen-bond acceptors (Lipinski definition) is 3. The van der Waals surface area contributed by atoms with E-state index in [9.17, 15) is 4.79 Å². The van der Waals surface area contributed by atoms with Gasteiger partial charge in [-0.25, -0.2) is 0 Å². The van der Waals surface area contributed by atoms with Gasteiger partial charge >= 0.3 is 0 Å². The molecule has 0 aliphatic heterocycles. The molecule has 3 aromatic rings. The highest BCUT2D eigenvalue weighted by Gasteiger charge is 2.17. The van der Waals surface area contributed by atoms with Crippen LogP contribution in [-0.4, -0.2) is 12.5 Å². The van der Waals surface area contributed by atoms with Crippen molar-refractivity contribution in [2.75, 3.05) is 6.61 Å². The molecular formula is C20H19NO2S. The molecule has 0 spiro atoms. The van der Waals surface area contributed by atoms with Crippen LogP contribution in [0.5, 0.6) is 5.75 Å². The number of ether oxygens (including phenoxy) is 1. The van der Waals surface area contributed by atoms with E-state index in [1.54, 1.807) is 11.3 Å². The summed E-state index contributed by atoms with van der Waals surface area (Å²) in [7, 11) is 0. The van der Waals surface area contributed by atoms with Crippen LogP contribution in [0.2, 0.25) is 0 Å². The number of nitrogens with one attached hydrogen (secondary N) is 1. The Kier molecular flexibility index (Phi) is 5.29. The monoisotopic (exact) mass is 337 g/mol. The predicted octanol–water partition coefficient (Wildman–Crippen LogP) is 4.34. The number of hydrogen-bond donors (Lipinski definition) is 1. The Balaban J connectivity index is 1.68. The van der Waals surface area contributed by atoms with Crippen LogP contribution in [-0.2, 0) is 4.79 Å². The lowest BCUT2D eigenvalue weighted by Crippen LogP contribution is -2.32. The van der Waals surface area contributed by atoms with Crippen LogP contribution in [0.25, 0.3) is 0 Å². The number of aryl methyl sites for hydroxylation is 1. The first kappa shape index (κ1) is 16.3. The summed E-state index contributed by atoms with van der Waals surface area (Å²) in [4.78, 5) is 13.5. The maximum absolute atomic E-state index is 12.3. The average Bonchev–Trinajstić information content (AvgIpc) is 3.13. The standard InChI is InChI=1S/C20H19NO2S/c1-15-7-5-10-17(13-15)23-14-19(22)21-20(18-11-6-12-24-18)16-8-3-2-4-9-16/h2-13,20H,14H2,1H3,(H,21,22)/t20-/m1/s1. The summed E-state index contributed by atoms with van der Waals surface area (Å²) < 4.78 is 5.59. The van der Waals surface area contributed by atoms with Gasteiger partial charge in [-0.1, -0.05) is 48.5 Å². The Morgan fingerprint density at radius 1 is 1.08 bits per heavy atom. The second kappa shape index (κ2) is 7.79. The third-order valence-electron chi connectivity index (χ3n) is 3.63. The molecule has 3 rings (SSSR count). The Morgan fingerprint density at radius 3 is 2.62 bits per heavy atom. The van der Waals surface area contributed by atoms with E-state index < -0.39 is 0 Å². The zero-order valence-electron chi connectivity index (χ0n) is 13.4. The van der Waals surface area contributed by atoms with Crippen LogP contribution < -0.4 is 10.1 Å². The van der Waals surface area contributed by atoms with Crippen molar-refractivity contribution in [1.29, 1.82) is 0 Å². The summed E-state index contributed by atoms with van der Waals surface area (Å²) in [6.07, 6.45) is 0. The second-order valence-corrected chi connectivity index (χ2v) is 6.51. The molecule has 0 saturated heterocycles. The van der Waals surface area contributed by atoms with E-state index in [1.165, 1.54) is 0 Å². The SMILES string of the molecule is Cc1cccc(OCC(=O)N[C@H](c2ccccc2)c2cccs2)c1. The fourth-order valence-corrected chi connectivity index (χ4v) is 3.28. The number of carbonyl (C=O) groups is 1. The van der Waals surface area contributed by atoms with Crippen LogP contribution in [0.4, 0.5) is 0 Å². The van der Waals surface area contributed by atoms with Gasteiger partial charge in [-0.05, 0) is 41.6 Å². The number of carbonyl (C=O) groups excluding carboxylic acids is 1. The highest BCUT2D eigenvalue weighted by atomic mass is 32.1. The van der Waals surface area contributed by atoms with Crippen molar-refractivity contribution >= 4 is 17.2 Å². The number of benzene rings is 2. The summed E-state index contributed by atoms with van der Waals surface area (Å²) in [6.45, 7) is 1.99. The minimum atomic E-state index is -0.153. The fraction of sp³-hybridized carbons (Fsp3) is 0.150. The molecule has 1 atom stereocenters. The summed E-state index contributed by atoms with van der Waals surface area (Å²) in [5.74, 6) is 0.566. The van der Waals surface area contributed by atoms with Crippen molar-refractivity contribution in [2.24, 2.45) is 0 Å². The second-order valence-electron chi connectivity index (χ2n) is 5.53. The Bertz CT molecular complexity index is 784. The van der Waals surface area contributed by atoms with Gasteiger partial charge in [0.25, 0.3) is 5.91 Å². The van der Waals surface area contributed by atoms with E-state index in [1.807, 2.05) is 79.0 Å². The zero-order valence-corrected chi connectivity index (χ0v) is 14.3. The van der Waals surface area contributed by atoms with Gasteiger partial charge in [0.2, 0.25) is 0 Å². The van der Waals surface area contributed by atoms with Gasteiger partial charge in [0.15, 0.2) is 6.61 Å². The lowest BCUT2D eigenvalue weighted by atomic mass is 10.1. The third kappa shape index (κ3) is 4.24. The van der Waals surface area contributed by atoms with Crippen LogP contribution in [0.3, 0.4) is 0 Å². The van der Waals surface area contributed by atoms with E-state index in [4.69, 9.17) is 4.74 Å². The normalized spacial score (nSPS) is 11.7. The molecule has 0 unspecified atom stereocenters. The van der Waals surface area contributed by atoms with Gasteiger partial charge in [0.05, 0.1) is 6.04 Å². The summed E-state index contributed by atoms with van der Waals surface area (Å²) >= 11 is 1.63. The van der Waals surface area contributed by atoms with E-state index in [2.05, 4.69) is 5.32 Å². The Labute approximate surface area is 145 Å². The fourth-order valence-electron chi connectivity index (χ4n) is 2.48. The van der Waals surface area contributed by atoms with Crippen molar-refractivity contribution in [3.05, 3.63) is 88.1 Å². The van der Waals surface area contributed by atoms with Crippen LogP contribution in [0.1, 0.15) is 22.0 Å². The van der Waals surface area contributed by atoms with Gasteiger partial charge in [0, 0.05) is 4.88 Å². The zero-order chi connectivity index (χ0) is 16.8. The molecule has 3 nitrogen and oxygen atoms in total. The molecule has 1 heterocycles. The maximum Gasteiger partial charge on any atom is 0.258 e. The van der Waals surface area contributed by atoms with E-state index in [0.29, 0.717) is 5.75 Å². The number of rotatable bonds is 6. The van der Waals surface area contributed by atoms with Gasteiger partial charge in [-0.3, -0.25) is 4.79 Å². The largest absolute Gasteiger partial charge is 0.484 e. The van der Waals surface area contributed by atoms with Crippen LogP contribution in [0.15, 0.2) is 72.1 Å². The lowest BCUT2D eigenvalue weighted by molar-refractivity contribution is -0.123. The summed E-state index contributed by atoms with van der Waals surface area (Å²) in [5, 5.41) is 5.08. The molecule has 2 aromatic carbocycles. The average molecular weight is 337 g/mol. The smallest absolute Gasteiger partial charge is 0.258 e. The van der Waals surface area contributed by atoms with Crippen LogP contribution >= 0.6 is 11.3 Å². The van der Waals surface area contributed by atoms with E-state index >= 15 is 0 Å². The van der Waals surface area contributed by atoms with E-state index in [0.717, 1.165) is 16.0 Å². The van der Waals surface area contributed by atoms with Crippen molar-refractivity contribution in [3.63, 3.8) is 0 Å². The highest BCUT2D eigenvalue weighted by Crippen LogP contribution is 2.25. The molecule has 0 saturated carbocycles. The molecule has 122 valence electrons. The molecule has 0 bridgehead atoms. The van der Waals surface area contributed by atoms with Crippen molar-refractivity contribution in [1.82, 2.24) is 5.32 Å². The first-order valence-corrected chi connectivity index (χ1v) is 8.67. The number of thiophene rings is 1. The molecule has 1 aromatic heterocycles. The molecule has 0 radical (unpaired) electrons. The van der Waals surface area contributed by atoms with Crippen LogP contribution in [0, 0.1) is 6.92 Å². The van der Waals surface area contributed by atoms with Gasteiger partial charge in [0.1, 0.15) is 5.75 Å². The first-order chi connectivity index (χ1) is 11.7. The highest BCUT2D eigenvalue weighted by molar-refractivity contribution is 7.10. The quantitative estimate of drug-likeness (QED) is 0.726. The molecule has 0 aliphatic rings. The minimum absolute atomic E-state index is 0.00182. The van der Waals surface area contributed by atoms with Crippen molar-refractivity contribution < 1.29 is 9.53 Å². The minimum Gasteiger partial charge on any atom is -0.484 e. The van der Waals surface area contributed by atoms with Crippen molar-refractivity contribution in [2.45, 2.75) is 13.0 Å². The summed E-state index contributed by atoms with van der Waals surface area (Å²) in [6, 6.07) is 21.5. The molecule has 0 fully saturated rings. The maximum atomic E-state index is 12.3. The molecule has 1 amide bonds. The first-order valence-electron chi connectivity index (χ1n) is 7.79. The third-order valence-corrected chi connectivity index (χ3v) is 4.56. The molecule has 1 N–H and O–H groups in total. The van der Waals surface area contributed by atoms with Gasteiger partial charge < -0.3 is 10.1 Å². The summed E-state index contributed by atoms with van der Waals surface area (Å²) in [5.41, 5.74) is 2.16. The molecular weight excluding hydrogens is 318 g/mol. The van der Waals surface area contributed by atoms with Gasteiger partial charge in [-0.2, -0.15) is 0 Å². The molecule has 0 aliphatic carbocycles. The number of amides is 1. The van der Waals surface area contributed by atoms with Gasteiger partial charge in [-0.15, -0.1) is 11.3 Å². The predicted molar refractivity (Wildman–Crippen MR) is 97.4 cm³/mol. The van der Waals surface area contributed by atoms with E-state index in [-0.39, 0.29) is 18.6 Å².